The van der Waals surface area contributed by atoms with Crippen molar-refractivity contribution in [3.63, 3.8) is 0 Å². The highest BCUT2D eigenvalue weighted by Crippen LogP contribution is 2.28. The van der Waals surface area contributed by atoms with Gasteiger partial charge in [0.2, 0.25) is 0 Å². The first kappa shape index (κ1) is 17.2. The Kier molecular flexibility index (Phi) is 4.88. The molecular formula is C19H24N4O2. The van der Waals surface area contributed by atoms with Crippen molar-refractivity contribution in [3.8, 4) is 0 Å². The van der Waals surface area contributed by atoms with Gasteiger partial charge in [0.25, 0.3) is 11.5 Å². The molecule has 1 aliphatic rings. The number of rotatable bonds is 3. The molecule has 25 heavy (non-hydrogen) atoms. The number of H-pyrrole nitrogens is 1. The number of pyridine rings is 2. The van der Waals surface area contributed by atoms with Gasteiger partial charge in [-0.25, -0.2) is 4.98 Å². The maximum absolute atomic E-state index is 12.8. The Balaban J connectivity index is 1.80. The molecule has 0 bridgehead atoms. The fourth-order valence-electron chi connectivity index (χ4n) is 3.28. The van der Waals surface area contributed by atoms with Gasteiger partial charge in [0.05, 0.1) is 0 Å². The van der Waals surface area contributed by atoms with E-state index in [-0.39, 0.29) is 22.9 Å². The van der Waals surface area contributed by atoms with E-state index in [1.165, 1.54) is 5.56 Å². The highest BCUT2D eigenvalue weighted by atomic mass is 16.2. The second kappa shape index (κ2) is 7.09. The monoisotopic (exact) mass is 340 g/mol. The number of aromatic amines is 1. The van der Waals surface area contributed by atoms with Crippen LogP contribution in [0.4, 0.5) is 5.82 Å². The maximum Gasteiger partial charge on any atom is 0.260 e. The first-order chi connectivity index (χ1) is 12.0. The molecule has 1 fully saturated rings. The van der Waals surface area contributed by atoms with E-state index in [9.17, 15) is 9.59 Å². The minimum Gasteiger partial charge on any atom is -0.363 e. The lowest BCUT2D eigenvalue weighted by Gasteiger charge is -2.33. The van der Waals surface area contributed by atoms with Gasteiger partial charge in [-0.3, -0.25) is 9.59 Å². The van der Waals surface area contributed by atoms with Gasteiger partial charge in [0, 0.05) is 45.0 Å². The number of nitrogens with one attached hydrogen (secondary N) is 1. The van der Waals surface area contributed by atoms with Crippen LogP contribution in [0.1, 0.15) is 40.4 Å². The molecule has 132 valence electrons. The summed E-state index contributed by atoms with van der Waals surface area (Å²) in [7, 11) is 3.93. The lowest BCUT2D eigenvalue weighted by Crippen LogP contribution is -2.41. The second-order valence-electron chi connectivity index (χ2n) is 6.82. The molecule has 1 aliphatic heterocycles. The molecule has 0 unspecified atom stereocenters. The van der Waals surface area contributed by atoms with Crippen molar-refractivity contribution < 1.29 is 4.79 Å². The molecule has 0 aliphatic carbocycles. The number of amides is 1. The van der Waals surface area contributed by atoms with Crippen molar-refractivity contribution in [1.82, 2.24) is 14.9 Å². The Morgan fingerprint density at radius 1 is 1.32 bits per heavy atom. The molecular weight excluding hydrogens is 316 g/mol. The number of aryl methyl sites for hydroxylation is 1. The predicted octanol–water partition coefficient (Wildman–Crippen LogP) is 2.16. The summed E-state index contributed by atoms with van der Waals surface area (Å²) in [5, 5.41) is 0. The molecule has 0 radical (unpaired) electrons. The van der Waals surface area contributed by atoms with Crippen molar-refractivity contribution in [3.05, 3.63) is 57.6 Å². The smallest absolute Gasteiger partial charge is 0.260 e. The summed E-state index contributed by atoms with van der Waals surface area (Å²) in [5.41, 5.74) is 1.85. The molecule has 1 saturated heterocycles. The van der Waals surface area contributed by atoms with E-state index in [1.807, 2.05) is 31.3 Å². The van der Waals surface area contributed by atoms with Gasteiger partial charge in [-0.05, 0) is 49.6 Å². The fraction of sp³-hybridized carbons (Fsp3) is 0.421. The number of carbonyl (C=O) groups is 1. The number of piperidine rings is 1. The molecule has 1 atom stereocenters. The van der Waals surface area contributed by atoms with Crippen LogP contribution in [0.15, 0.2) is 35.3 Å². The predicted molar refractivity (Wildman–Crippen MR) is 98.2 cm³/mol. The first-order valence-electron chi connectivity index (χ1n) is 8.58. The van der Waals surface area contributed by atoms with E-state index in [0.717, 1.165) is 24.4 Å². The topological polar surface area (TPSA) is 69.3 Å². The zero-order valence-electron chi connectivity index (χ0n) is 15.0. The van der Waals surface area contributed by atoms with Crippen LogP contribution < -0.4 is 10.5 Å². The van der Waals surface area contributed by atoms with Crippen LogP contribution in [0, 0.1) is 6.92 Å². The third kappa shape index (κ3) is 3.73. The molecule has 3 heterocycles. The van der Waals surface area contributed by atoms with Crippen molar-refractivity contribution in [2.75, 3.05) is 32.1 Å². The second-order valence-corrected chi connectivity index (χ2v) is 6.82. The van der Waals surface area contributed by atoms with Crippen LogP contribution in [0.3, 0.4) is 0 Å². The average molecular weight is 340 g/mol. The quantitative estimate of drug-likeness (QED) is 0.930. The minimum absolute atomic E-state index is 0.187. The zero-order valence-corrected chi connectivity index (χ0v) is 15.0. The normalized spacial score (nSPS) is 17.4. The maximum atomic E-state index is 12.8. The highest BCUT2D eigenvalue weighted by Gasteiger charge is 2.27. The SMILES string of the molecule is Cc1ccc(C(=O)N2CCC[C@H](c3ccnc(N(C)C)c3)C2)c(=O)[nH]1. The summed E-state index contributed by atoms with van der Waals surface area (Å²) in [6.07, 6.45) is 3.78. The number of nitrogens with zero attached hydrogens (tertiary/aromatic N) is 3. The van der Waals surface area contributed by atoms with Gasteiger partial charge in [-0.15, -0.1) is 0 Å². The molecule has 0 saturated carbocycles. The zero-order chi connectivity index (χ0) is 18.0. The number of carbonyl (C=O) groups excluding carboxylic acids is 1. The van der Waals surface area contributed by atoms with Gasteiger partial charge in [0.15, 0.2) is 0 Å². The highest BCUT2D eigenvalue weighted by molar-refractivity contribution is 5.94. The lowest BCUT2D eigenvalue weighted by molar-refractivity contribution is 0.0705. The fourth-order valence-corrected chi connectivity index (χ4v) is 3.28. The molecule has 3 rings (SSSR count). The largest absolute Gasteiger partial charge is 0.363 e. The van der Waals surface area contributed by atoms with Crippen molar-refractivity contribution in [1.29, 1.82) is 0 Å². The summed E-state index contributed by atoms with van der Waals surface area (Å²) in [5.74, 6) is 0.993. The van der Waals surface area contributed by atoms with Crippen LogP contribution in [-0.2, 0) is 0 Å². The Morgan fingerprint density at radius 3 is 2.84 bits per heavy atom. The molecule has 2 aromatic rings. The van der Waals surface area contributed by atoms with Crippen LogP contribution in [0.25, 0.3) is 0 Å². The number of aromatic nitrogens is 2. The Morgan fingerprint density at radius 2 is 2.12 bits per heavy atom. The molecule has 6 heteroatoms. The molecule has 6 nitrogen and oxygen atoms in total. The summed E-state index contributed by atoms with van der Waals surface area (Å²) >= 11 is 0. The van der Waals surface area contributed by atoms with E-state index in [2.05, 4.69) is 16.0 Å². The Labute approximate surface area is 147 Å². The van der Waals surface area contributed by atoms with Gasteiger partial charge in [-0.2, -0.15) is 0 Å². The molecule has 0 aromatic carbocycles. The van der Waals surface area contributed by atoms with Gasteiger partial charge >= 0.3 is 0 Å². The third-order valence-electron chi connectivity index (χ3n) is 4.69. The first-order valence-corrected chi connectivity index (χ1v) is 8.58. The van der Waals surface area contributed by atoms with Crippen LogP contribution in [0.5, 0.6) is 0 Å². The summed E-state index contributed by atoms with van der Waals surface area (Å²) < 4.78 is 0. The Hall–Kier alpha value is -2.63. The number of anilines is 1. The third-order valence-corrected chi connectivity index (χ3v) is 4.69. The molecule has 1 N–H and O–H groups in total. The van der Waals surface area contributed by atoms with Crippen molar-refractivity contribution >= 4 is 11.7 Å². The molecule has 0 spiro atoms. The van der Waals surface area contributed by atoms with E-state index < -0.39 is 0 Å². The van der Waals surface area contributed by atoms with Crippen LogP contribution >= 0.6 is 0 Å². The number of likely N-dealkylation sites (tertiary alicyclic amines) is 1. The Bertz CT molecular complexity index is 828. The lowest BCUT2D eigenvalue weighted by atomic mass is 9.91. The van der Waals surface area contributed by atoms with Gasteiger partial charge < -0.3 is 14.8 Å². The van der Waals surface area contributed by atoms with Crippen LogP contribution in [-0.4, -0.2) is 48.0 Å². The summed E-state index contributed by atoms with van der Waals surface area (Å²) in [4.78, 5) is 35.7. The van der Waals surface area contributed by atoms with Crippen molar-refractivity contribution in [2.24, 2.45) is 0 Å². The molecule has 2 aromatic heterocycles. The van der Waals surface area contributed by atoms with Gasteiger partial charge in [0.1, 0.15) is 11.4 Å². The number of hydrogen-bond donors (Lipinski definition) is 1. The summed E-state index contributed by atoms with van der Waals surface area (Å²) in [6.45, 7) is 3.12. The van der Waals surface area contributed by atoms with E-state index in [4.69, 9.17) is 0 Å². The molecule has 1 amide bonds. The standard InChI is InChI=1S/C19H24N4O2/c1-13-6-7-16(18(24)21-13)19(25)23-10-4-5-15(12-23)14-8-9-20-17(11-14)22(2)3/h6-9,11,15H,4-5,10,12H2,1-3H3,(H,21,24)/t15-/m0/s1. The number of hydrogen-bond acceptors (Lipinski definition) is 4. The summed E-state index contributed by atoms with van der Waals surface area (Å²) in [6, 6.07) is 7.49. The van der Waals surface area contributed by atoms with Crippen LogP contribution in [0.2, 0.25) is 0 Å². The average Bonchev–Trinajstić information content (AvgIpc) is 2.61. The van der Waals surface area contributed by atoms with E-state index >= 15 is 0 Å². The van der Waals surface area contributed by atoms with E-state index in [0.29, 0.717) is 13.1 Å². The van der Waals surface area contributed by atoms with Crippen molar-refractivity contribution in [2.45, 2.75) is 25.7 Å². The minimum atomic E-state index is -0.314. The van der Waals surface area contributed by atoms with Gasteiger partial charge in [-0.1, -0.05) is 0 Å². The van der Waals surface area contributed by atoms with E-state index in [1.54, 1.807) is 24.0 Å².